The monoisotopic (exact) mass is 192 g/mol. The number of hydrogen-bond donors (Lipinski definition) is 2. The van der Waals surface area contributed by atoms with E-state index in [1.807, 2.05) is 0 Å². The second kappa shape index (κ2) is 3.44. The third kappa shape index (κ3) is 1.64. The number of hydrogen-bond acceptors (Lipinski definition) is 4. The van der Waals surface area contributed by atoms with Gasteiger partial charge in [0.15, 0.2) is 0 Å². The zero-order valence-corrected chi connectivity index (χ0v) is 8.45. The molecule has 0 spiro atoms. The number of nitrogens with one attached hydrogen (secondary N) is 1. The van der Waals surface area contributed by atoms with Crippen molar-refractivity contribution in [2.24, 2.45) is 0 Å². The number of nitrogens with zero attached hydrogens (tertiary/aromatic N) is 2. The second-order valence-corrected chi connectivity index (χ2v) is 3.92. The van der Waals surface area contributed by atoms with E-state index in [0.29, 0.717) is 11.8 Å². The van der Waals surface area contributed by atoms with E-state index in [1.165, 1.54) is 19.3 Å². The van der Waals surface area contributed by atoms with Crippen molar-refractivity contribution in [3.05, 3.63) is 12.3 Å². The van der Waals surface area contributed by atoms with Gasteiger partial charge >= 0.3 is 0 Å². The molecule has 2 rings (SSSR count). The summed E-state index contributed by atoms with van der Waals surface area (Å²) in [5.41, 5.74) is 5.82. The number of rotatable bonds is 3. The summed E-state index contributed by atoms with van der Waals surface area (Å²) in [6, 6.07) is 1.70. The maximum atomic E-state index is 5.59. The van der Waals surface area contributed by atoms with Crippen LogP contribution in [0.1, 0.15) is 32.6 Å². The van der Waals surface area contributed by atoms with Crippen LogP contribution in [-0.4, -0.2) is 15.5 Å². The fourth-order valence-electron chi connectivity index (χ4n) is 1.84. The van der Waals surface area contributed by atoms with Crippen molar-refractivity contribution in [2.45, 2.75) is 38.1 Å². The van der Waals surface area contributed by atoms with E-state index in [1.54, 1.807) is 12.3 Å². The normalized spacial score (nSPS) is 18.6. The first-order valence-electron chi connectivity index (χ1n) is 5.11. The fraction of sp³-hybridized carbons (Fsp3) is 0.600. The largest absolute Gasteiger partial charge is 0.384 e. The Morgan fingerprint density at radius 1 is 1.57 bits per heavy atom. The van der Waals surface area contributed by atoms with E-state index < -0.39 is 0 Å². The molecule has 4 heteroatoms. The van der Waals surface area contributed by atoms with Gasteiger partial charge in [-0.3, -0.25) is 0 Å². The molecule has 1 aliphatic carbocycles. The minimum atomic E-state index is 0.230. The summed E-state index contributed by atoms with van der Waals surface area (Å²) in [7, 11) is 0. The van der Waals surface area contributed by atoms with E-state index in [-0.39, 0.29) is 5.54 Å². The number of anilines is 2. The summed E-state index contributed by atoms with van der Waals surface area (Å²) in [5.74, 6) is 1.18. The van der Waals surface area contributed by atoms with Crippen molar-refractivity contribution in [2.75, 3.05) is 11.1 Å². The molecular formula is C10H16N4. The highest BCUT2D eigenvalue weighted by molar-refractivity contribution is 5.37. The third-order valence-electron chi connectivity index (χ3n) is 3.04. The molecule has 1 aromatic heterocycles. The van der Waals surface area contributed by atoms with Crippen LogP contribution in [0.5, 0.6) is 0 Å². The molecule has 0 saturated heterocycles. The van der Waals surface area contributed by atoms with E-state index >= 15 is 0 Å². The van der Waals surface area contributed by atoms with Crippen LogP contribution in [0, 0.1) is 0 Å². The molecule has 0 aliphatic heterocycles. The van der Waals surface area contributed by atoms with Gasteiger partial charge in [-0.1, -0.05) is 6.92 Å². The molecule has 0 radical (unpaired) electrons. The molecular weight excluding hydrogens is 176 g/mol. The Kier molecular flexibility index (Phi) is 2.27. The summed E-state index contributed by atoms with van der Waals surface area (Å²) in [6.45, 7) is 2.19. The lowest BCUT2D eigenvalue weighted by molar-refractivity contribution is 0.268. The van der Waals surface area contributed by atoms with Crippen LogP contribution in [0.2, 0.25) is 0 Å². The van der Waals surface area contributed by atoms with E-state index in [0.717, 1.165) is 6.42 Å². The van der Waals surface area contributed by atoms with E-state index in [9.17, 15) is 0 Å². The van der Waals surface area contributed by atoms with Gasteiger partial charge in [-0.2, -0.15) is 4.98 Å². The average molecular weight is 192 g/mol. The Bertz CT molecular complexity index is 314. The van der Waals surface area contributed by atoms with E-state index in [4.69, 9.17) is 5.73 Å². The van der Waals surface area contributed by atoms with Gasteiger partial charge in [0, 0.05) is 11.7 Å². The molecule has 0 unspecified atom stereocenters. The van der Waals surface area contributed by atoms with Crippen LogP contribution in [0.3, 0.4) is 0 Å². The van der Waals surface area contributed by atoms with Crippen molar-refractivity contribution in [3.8, 4) is 0 Å². The molecule has 1 heterocycles. The Balaban J connectivity index is 2.09. The topological polar surface area (TPSA) is 63.8 Å². The van der Waals surface area contributed by atoms with Gasteiger partial charge in [0.2, 0.25) is 5.95 Å². The van der Waals surface area contributed by atoms with Gasteiger partial charge in [-0.15, -0.1) is 0 Å². The molecule has 14 heavy (non-hydrogen) atoms. The van der Waals surface area contributed by atoms with Gasteiger partial charge in [-0.05, 0) is 31.7 Å². The van der Waals surface area contributed by atoms with Crippen molar-refractivity contribution >= 4 is 11.8 Å². The molecule has 0 aromatic carbocycles. The Morgan fingerprint density at radius 3 is 2.86 bits per heavy atom. The molecule has 4 nitrogen and oxygen atoms in total. The highest BCUT2D eigenvalue weighted by Crippen LogP contribution is 2.37. The van der Waals surface area contributed by atoms with E-state index in [2.05, 4.69) is 22.2 Å². The van der Waals surface area contributed by atoms with Gasteiger partial charge < -0.3 is 11.1 Å². The predicted octanol–water partition coefficient (Wildman–Crippen LogP) is 1.80. The molecule has 76 valence electrons. The summed E-state index contributed by atoms with van der Waals surface area (Å²) in [4.78, 5) is 8.30. The number of nitrogens with two attached hydrogens (primary N) is 1. The first-order valence-corrected chi connectivity index (χ1v) is 5.11. The minimum absolute atomic E-state index is 0.230. The summed E-state index contributed by atoms with van der Waals surface area (Å²) >= 11 is 0. The van der Waals surface area contributed by atoms with Gasteiger partial charge in [0.25, 0.3) is 0 Å². The minimum Gasteiger partial charge on any atom is -0.384 e. The van der Waals surface area contributed by atoms with Gasteiger partial charge in [0.1, 0.15) is 5.82 Å². The van der Waals surface area contributed by atoms with Crippen LogP contribution < -0.4 is 11.1 Å². The number of aromatic nitrogens is 2. The standard InChI is InChI=1S/C10H16N4/c1-2-10(5-3-6-10)14-9-12-7-4-8(11)13-9/h4,7H,2-3,5-6H2,1H3,(H3,11,12,13,14). The molecule has 1 aromatic rings. The zero-order valence-electron chi connectivity index (χ0n) is 8.45. The quantitative estimate of drug-likeness (QED) is 0.766. The third-order valence-corrected chi connectivity index (χ3v) is 3.04. The summed E-state index contributed by atoms with van der Waals surface area (Å²) in [6.07, 6.45) is 6.52. The molecule has 0 bridgehead atoms. The Labute approximate surface area is 83.9 Å². The zero-order chi connectivity index (χ0) is 10.0. The molecule has 0 atom stereocenters. The van der Waals surface area contributed by atoms with Crippen molar-refractivity contribution in [3.63, 3.8) is 0 Å². The highest BCUT2D eigenvalue weighted by Gasteiger charge is 2.35. The first kappa shape index (κ1) is 9.24. The Morgan fingerprint density at radius 2 is 2.36 bits per heavy atom. The van der Waals surface area contributed by atoms with Crippen LogP contribution in [0.15, 0.2) is 12.3 Å². The SMILES string of the molecule is CCC1(Nc2nccc(N)n2)CCC1. The lowest BCUT2D eigenvalue weighted by atomic mass is 9.75. The van der Waals surface area contributed by atoms with Crippen LogP contribution >= 0.6 is 0 Å². The second-order valence-electron chi connectivity index (χ2n) is 3.92. The molecule has 1 saturated carbocycles. The summed E-state index contributed by atoms with van der Waals surface area (Å²) < 4.78 is 0. The van der Waals surface area contributed by atoms with Crippen LogP contribution in [0.25, 0.3) is 0 Å². The molecule has 1 fully saturated rings. The average Bonchev–Trinajstić information content (AvgIpc) is 2.11. The van der Waals surface area contributed by atoms with Gasteiger partial charge in [-0.25, -0.2) is 4.98 Å². The molecule has 1 aliphatic rings. The first-order chi connectivity index (χ1) is 6.74. The lowest BCUT2D eigenvalue weighted by Gasteiger charge is -2.41. The highest BCUT2D eigenvalue weighted by atomic mass is 15.2. The van der Waals surface area contributed by atoms with Crippen LogP contribution in [0.4, 0.5) is 11.8 Å². The predicted molar refractivity (Wildman–Crippen MR) is 56.9 cm³/mol. The molecule has 3 N–H and O–H groups in total. The Hall–Kier alpha value is -1.32. The van der Waals surface area contributed by atoms with Crippen LogP contribution in [-0.2, 0) is 0 Å². The summed E-state index contributed by atoms with van der Waals surface area (Å²) in [5, 5.41) is 3.38. The van der Waals surface area contributed by atoms with Gasteiger partial charge in [0.05, 0.1) is 0 Å². The number of nitrogen functional groups attached to an aromatic ring is 1. The van der Waals surface area contributed by atoms with Crippen molar-refractivity contribution in [1.82, 2.24) is 9.97 Å². The maximum Gasteiger partial charge on any atom is 0.225 e. The lowest BCUT2D eigenvalue weighted by Crippen LogP contribution is -2.44. The fourth-order valence-corrected chi connectivity index (χ4v) is 1.84. The smallest absolute Gasteiger partial charge is 0.225 e. The maximum absolute atomic E-state index is 5.59. The van der Waals surface area contributed by atoms with Crippen molar-refractivity contribution in [1.29, 1.82) is 0 Å². The molecule has 0 amide bonds. The van der Waals surface area contributed by atoms with Crippen molar-refractivity contribution < 1.29 is 0 Å².